The van der Waals surface area contributed by atoms with Gasteiger partial charge in [0.05, 0.1) is 12.1 Å². The van der Waals surface area contributed by atoms with Crippen molar-refractivity contribution < 1.29 is 14.4 Å². The average Bonchev–Trinajstić information content (AvgIpc) is 3.52. The fourth-order valence-electron chi connectivity index (χ4n) is 4.78. The number of imide groups is 1. The van der Waals surface area contributed by atoms with Gasteiger partial charge in [0, 0.05) is 12.0 Å². The van der Waals surface area contributed by atoms with Crippen LogP contribution in [0.2, 0.25) is 0 Å². The van der Waals surface area contributed by atoms with Crippen molar-refractivity contribution in [3.63, 3.8) is 0 Å². The lowest BCUT2D eigenvalue weighted by molar-refractivity contribution is -0.142. The van der Waals surface area contributed by atoms with E-state index < -0.39 is 6.04 Å². The zero-order valence-corrected chi connectivity index (χ0v) is 17.6. The molecule has 3 fully saturated rings. The van der Waals surface area contributed by atoms with E-state index in [1.165, 1.54) is 23.3 Å². The summed E-state index contributed by atoms with van der Waals surface area (Å²) in [7, 11) is 0. The van der Waals surface area contributed by atoms with Gasteiger partial charge in [-0.15, -0.1) is 0 Å². The van der Waals surface area contributed by atoms with Gasteiger partial charge in [0.25, 0.3) is 5.91 Å². The fraction of sp³-hybridized carbons (Fsp3) is 0.625. The molecule has 0 radical (unpaired) electrons. The van der Waals surface area contributed by atoms with Crippen LogP contribution in [0.25, 0.3) is 0 Å². The minimum Gasteiger partial charge on any atom is -0.327 e. The highest BCUT2D eigenvalue weighted by atomic mass is 16.2. The van der Waals surface area contributed by atoms with Crippen LogP contribution in [-0.4, -0.2) is 34.7 Å². The van der Waals surface area contributed by atoms with Crippen molar-refractivity contribution in [2.24, 2.45) is 5.92 Å². The Bertz CT molecular complexity index is 774. The molecule has 5 nitrogen and oxygen atoms in total. The molecule has 3 aliphatic rings. The molecule has 0 N–H and O–H groups in total. The third-order valence-corrected chi connectivity index (χ3v) is 6.68. The molecule has 2 saturated carbocycles. The highest BCUT2D eigenvalue weighted by molar-refractivity contribution is 6.23. The maximum atomic E-state index is 13.4. The smallest absolute Gasteiger partial charge is 0.257 e. The normalized spacial score (nSPS) is 23.6. The number of hydrogen-bond acceptors (Lipinski definition) is 3. The molecule has 1 unspecified atom stereocenters. The van der Waals surface area contributed by atoms with Gasteiger partial charge >= 0.3 is 0 Å². The van der Waals surface area contributed by atoms with E-state index in [0.29, 0.717) is 11.6 Å². The number of nitrogens with zero attached hydrogens (tertiary/aromatic N) is 2. The molecule has 0 bridgehead atoms. The number of rotatable bonds is 5. The molecule has 1 aromatic carbocycles. The highest BCUT2D eigenvalue weighted by Gasteiger charge is 2.48. The second kappa shape index (κ2) is 8.29. The van der Waals surface area contributed by atoms with E-state index in [-0.39, 0.29) is 36.1 Å². The first kappa shape index (κ1) is 20.1. The number of amides is 3. The molecule has 0 aromatic heterocycles. The summed E-state index contributed by atoms with van der Waals surface area (Å²) < 4.78 is 0. The molecule has 1 aromatic rings. The van der Waals surface area contributed by atoms with E-state index in [2.05, 4.69) is 13.8 Å². The molecule has 29 heavy (non-hydrogen) atoms. The summed E-state index contributed by atoms with van der Waals surface area (Å²) in [5.74, 6) is 0.120. The van der Waals surface area contributed by atoms with Crippen molar-refractivity contribution >= 4 is 23.4 Å². The Morgan fingerprint density at radius 3 is 2.14 bits per heavy atom. The second-order valence-corrected chi connectivity index (χ2v) is 9.20. The number of carbonyl (C=O) groups is 3. The maximum Gasteiger partial charge on any atom is 0.257 e. The minimum atomic E-state index is -0.636. The molecule has 1 heterocycles. The van der Waals surface area contributed by atoms with Crippen molar-refractivity contribution in [3.05, 3.63) is 29.8 Å². The van der Waals surface area contributed by atoms with Crippen LogP contribution in [0, 0.1) is 5.92 Å². The molecule has 4 rings (SSSR count). The van der Waals surface area contributed by atoms with Crippen LogP contribution in [-0.2, 0) is 14.4 Å². The monoisotopic (exact) mass is 396 g/mol. The zero-order chi connectivity index (χ0) is 20.5. The number of hydrogen-bond donors (Lipinski definition) is 0. The summed E-state index contributed by atoms with van der Waals surface area (Å²) in [5, 5.41) is 0. The van der Waals surface area contributed by atoms with Crippen LogP contribution in [0.5, 0.6) is 0 Å². The molecule has 156 valence electrons. The molecule has 1 aliphatic heterocycles. The standard InChI is InChI=1S/C24H32N2O3/c1-16(2)17-11-13-20(14-12-17)26-22(27)15-21(24(26)29)25(23(28)18-9-10-18)19-7-5-3-4-6-8-19/h11-14,16,18-19,21H,3-10,15H2,1-2H3. The van der Waals surface area contributed by atoms with Gasteiger partial charge in [-0.2, -0.15) is 0 Å². The lowest BCUT2D eigenvalue weighted by Gasteiger charge is -2.35. The molecule has 0 spiro atoms. The molecular formula is C24H32N2O3. The predicted molar refractivity (Wildman–Crippen MR) is 112 cm³/mol. The first-order chi connectivity index (χ1) is 14.0. The highest BCUT2D eigenvalue weighted by Crippen LogP contribution is 2.37. The van der Waals surface area contributed by atoms with Gasteiger partial charge < -0.3 is 4.90 Å². The summed E-state index contributed by atoms with van der Waals surface area (Å²) in [6.45, 7) is 4.23. The van der Waals surface area contributed by atoms with E-state index in [1.807, 2.05) is 29.2 Å². The average molecular weight is 397 g/mol. The predicted octanol–water partition coefficient (Wildman–Crippen LogP) is 4.40. The Hall–Kier alpha value is -2.17. The largest absolute Gasteiger partial charge is 0.327 e. The van der Waals surface area contributed by atoms with E-state index in [1.54, 1.807) is 0 Å². The summed E-state index contributed by atoms with van der Waals surface area (Å²) in [6, 6.07) is 7.12. The van der Waals surface area contributed by atoms with Crippen LogP contribution >= 0.6 is 0 Å². The topological polar surface area (TPSA) is 57.7 Å². The molecule has 3 amide bonds. The van der Waals surface area contributed by atoms with Gasteiger partial charge in [0.1, 0.15) is 6.04 Å². The van der Waals surface area contributed by atoms with Crippen molar-refractivity contribution in [2.45, 2.75) is 89.6 Å². The lowest BCUT2D eigenvalue weighted by atomic mass is 10.0. The molecular weight excluding hydrogens is 364 g/mol. The SMILES string of the molecule is CC(C)c1ccc(N2C(=O)CC(N(C(=O)C3CC3)C3CCCCCC3)C2=O)cc1. The van der Waals surface area contributed by atoms with E-state index >= 15 is 0 Å². The van der Waals surface area contributed by atoms with Crippen LogP contribution in [0.15, 0.2) is 24.3 Å². The van der Waals surface area contributed by atoms with Gasteiger partial charge in [-0.3, -0.25) is 14.4 Å². The first-order valence-corrected chi connectivity index (χ1v) is 11.3. The quantitative estimate of drug-likeness (QED) is 0.547. The fourth-order valence-corrected chi connectivity index (χ4v) is 4.78. The minimum absolute atomic E-state index is 0.0560. The number of carbonyl (C=O) groups excluding carboxylic acids is 3. The zero-order valence-electron chi connectivity index (χ0n) is 17.6. The Labute approximate surface area is 173 Å². The van der Waals surface area contributed by atoms with Gasteiger partial charge in [-0.05, 0) is 49.3 Å². The number of anilines is 1. The van der Waals surface area contributed by atoms with Crippen molar-refractivity contribution in [1.29, 1.82) is 0 Å². The number of benzene rings is 1. The van der Waals surface area contributed by atoms with Gasteiger partial charge in [0.15, 0.2) is 0 Å². The summed E-state index contributed by atoms with van der Waals surface area (Å²) in [5.41, 5.74) is 1.79. The van der Waals surface area contributed by atoms with E-state index in [9.17, 15) is 14.4 Å². The van der Waals surface area contributed by atoms with Crippen molar-refractivity contribution in [1.82, 2.24) is 4.90 Å². The second-order valence-electron chi connectivity index (χ2n) is 9.20. The van der Waals surface area contributed by atoms with Crippen LogP contribution in [0.3, 0.4) is 0 Å². The van der Waals surface area contributed by atoms with Crippen LogP contribution in [0.4, 0.5) is 5.69 Å². The molecule has 2 aliphatic carbocycles. The third kappa shape index (κ3) is 4.10. The van der Waals surface area contributed by atoms with Crippen LogP contribution < -0.4 is 4.90 Å². The summed E-state index contributed by atoms with van der Waals surface area (Å²) in [6.07, 6.45) is 8.39. The molecule has 5 heteroatoms. The van der Waals surface area contributed by atoms with Gasteiger partial charge in [-0.25, -0.2) is 4.90 Å². The Morgan fingerprint density at radius 2 is 1.59 bits per heavy atom. The van der Waals surface area contributed by atoms with Crippen molar-refractivity contribution in [3.8, 4) is 0 Å². The van der Waals surface area contributed by atoms with Gasteiger partial charge in [-0.1, -0.05) is 51.7 Å². The third-order valence-electron chi connectivity index (χ3n) is 6.68. The summed E-state index contributed by atoms with van der Waals surface area (Å²) >= 11 is 0. The van der Waals surface area contributed by atoms with E-state index in [0.717, 1.165) is 38.5 Å². The molecule has 1 saturated heterocycles. The molecule has 1 atom stereocenters. The Morgan fingerprint density at radius 1 is 0.966 bits per heavy atom. The Kier molecular flexibility index (Phi) is 5.75. The van der Waals surface area contributed by atoms with Gasteiger partial charge in [0.2, 0.25) is 11.8 Å². The Balaban J connectivity index is 1.59. The van der Waals surface area contributed by atoms with E-state index in [4.69, 9.17) is 0 Å². The maximum absolute atomic E-state index is 13.4. The lowest BCUT2D eigenvalue weighted by Crippen LogP contribution is -2.51. The van der Waals surface area contributed by atoms with Crippen molar-refractivity contribution in [2.75, 3.05) is 4.90 Å². The summed E-state index contributed by atoms with van der Waals surface area (Å²) in [4.78, 5) is 42.5. The first-order valence-electron chi connectivity index (χ1n) is 11.3. The van der Waals surface area contributed by atoms with Crippen LogP contribution in [0.1, 0.15) is 83.1 Å².